The van der Waals surface area contributed by atoms with Gasteiger partial charge in [0.1, 0.15) is 11.5 Å². The number of aromatic nitrogens is 1. The van der Waals surface area contributed by atoms with E-state index in [0.717, 1.165) is 17.1 Å². The summed E-state index contributed by atoms with van der Waals surface area (Å²) in [6, 6.07) is 9.14. The molecule has 0 spiro atoms. The van der Waals surface area contributed by atoms with Crippen LogP contribution in [-0.2, 0) is 16.6 Å². The molecule has 1 amide bonds. The van der Waals surface area contributed by atoms with Crippen LogP contribution in [0.3, 0.4) is 0 Å². The first-order valence-corrected chi connectivity index (χ1v) is 6.78. The molecule has 0 aliphatic rings. The van der Waals surface area contributed by atoms with Crippen LogP contribution in [0.2, 0.25) is 0 Å². The highest BCUT2D eigenvalue weighted by molar-refractivity contribution is 5.91. The minimum atomic E-state index is -0.133. The molecule has 0 radical (unpaired) electrons. The minimum Gasteiger partial charge on any atom is -0.497 e. The van der Waals surface area contributed by atoms with Crippen LogP contribution in [0.25, 0.3) is 0 Å². The second-order valence-corrected chi connectivity index (χ2v) is 5.90. The molecule has 0 unspecified atom stereocenters. The Morgan fingerprint density at radius 2 is 1.95 bits per heavy atom. The topological polar surface area (TPSA) is 64.4 Å². The van der Waals surface area contributed by atoms with Gasteiger partial charge in [0, 0.05) is 11.5 Å². The van der Waals surface area contributed by atoms with Crippen LogP contribution in [0, 0.1) is 0 Å². The van der Waals surface area contributed by atoms with E-state index in [0.29, 0.717) is 5.82 Å². The Bertz CT molecular complexity index is 609. The van der Waals surface area contributed by atoms with Gasteiger partial charge in [0.2, 0.25) is 5.91 Å². The van der Waals surface area contributed by atoms with Crippen molar-refractivity contribution in [3.63, 3.8) is 0 Å². The molecular weight excluding hydrogens is 268 g/mol. The predicted octanol–water partition coefficient (Wildman–Crippen LogP) is 3.16. The average Bonchev–Trinajstić information content (AvgIpc) is 2.88. The van der Waals surface area contributed by atoms with E-state index >= 15 is 0 Å². The summed E-state index contributed by atoms with van der Waals surface area (Å²) >= 11 is 0. The van der Waals surface area contributed by atoms with E-state index in [9.17, 15) is 4.79 Å². The van der Waals surface area contributed by atoms with E-state index in [1.165, 1.54) is 0 Å². The predicted molar refractivity (Wildman–Crippen MR) is 80.5 cm³/mol. The fraction of sp³-hybridized carbons (Fsp3) is 0.375. The van der Waals surface area contributed by atoms with E-state index in [1.54, 1.807) is 13.2 Å². The molecule has 21 heavy (non-hydrogen) atoms. The van der Waals surface area contributed by atoms with Gasteiger partial charge in [-0.1, -0.05) is 38.1 Å². The number of nitrogens with one attached hydrogen (secondary N) is 1. The third kappa shape index (κ3) is 4.08. The van der Waals surface area contributed by atoms with Gasteiger partial charge >= 0.3 is 0 Å². The molecule has 0 aliphatic carbocycles. The van der Waals surface area contributed by atoms with Gasteiger partial charge in [-0.15, -0.1) is 0 Å². The van der Waals surface area contributed by atoms with Crippen LogP contribution < -0.4 is 10.1 Å². The number of nitrogens with zero attached hydrogens (tertiary/aromatic N) is 1. The lowest BCUT2D eigenvalue weighted by Crippen LogP contribution is -2.14. The molecule has 1 aromatic heterocycles. The Balaban J connectivity index is 1.96. The molecule has 112 valence electrons. The van der Waals surface area contributed by atoms with E-state index in [-0.39, 0.29) is 17.7 Å². The molecular formula is C16H20N2O3. The van der Waals surface area contributed by atoms with Crippen LogP contribution >= 0.6 is 0 Å². The van der Waals surface area contributed by atoms with E-state index < -0.39 is 0 Å². The lowest BCUT2D eigenvalue weighted by molar-refractivity contribution is -0.115. The largest absolute Gasteiger partial charge is 0.497 e. The van der Waals surface area contributed by atoms with E-state index in [1.807, 2.05) is 45.0 Å². The molecule has 5 heteroatoms. The maximum Gasteiger partial charge on any atom is 0.230 e. The molecule has 0 saturated carbocycles. The van der Waals surface area contributed by atoms with Gasteiger partial charge in [0.15, 0.2) is 5.82 Å². The number of rotatable bonds is 4. The summed E-state index contributed by atoms with van der Waals surface area (Å²) in [5.41, 5.74) is 0.777. The average molecular weight is 288 g/mol. The van der Waals surface area contributed by atoms with Crippen LogP contribution in [0.4, 0.5) is 5.82 Å². The van der Waals surface area contributed by atoms with Crippen molar-refractivity contribution in [1.29, 1.82) is 0 Å². The highest BCUT2D eigenvalue weighted by atomic mass is 16.5. The van der Waals surface area contributed by atoms with Gasteiger partial charge in [-0.3, -0.25) is 4.79 Å². The Kier molecular flexibility index (Phi) is 4.31. The summed E-state index contributed by atoms with van der Waals surface area (Å²) < 4.78 is 10.3. The zero-order valence-corrected chi connectivity index (χ0v) is 12.8. The number of anilines is 1. The second-order valence-electron chi connectivity index (χ2n) is 5.90. The minimum absolute atomic E-state index is 0.131. The molecule has 0 aliphatic heterocycles. The van der Waals surface area contributed by atoms with E-state index in [2.05, 4.69) is 10.5 Å². The zero-order valence-electron chi connectivity index (χ0n) is 12.8. The summed E-state index contributed by atoms with van der Waals surface area (Å²) in [5.74, 6) is 1.82. The van der Waals surface area contributed by atoms with Crippen molar-refractivity contribution >= 4 is 11.7 Å². The third-order valence-corrected chi connectivity index (χ3v) is 3.04. The quantitative estimate of drug-likeness (QED) is 0.938. The maximum atomic E-state index is 12.0. The lowest BCUT2D eigenvalue weighted by Gasteiger charge is -2.12. The summed E-state index contributed by atoms with van der Waals surface area (Å²) in [7, 11) is 1.61. The number of carbonyl (C=O) groups is 1. The number of benzene rings is 1. The molecule has 2 rings (SSSR count). The second kappa shape index (κ2) is 5.99. The summed E-state index contributed by atoms with van der Waals surface area (Å²) in [5, 5.41) is 6.60. The molecule has 1 N–H and O–H groups in total. The Hall–Kier alpha value is -2.30. The standard InChI is InChI=1S/C16H20N2O3/c1-16(2,3)13-10-14(18-21-13)17-15(19)9-11-5-7-12(20-4)8-6-11/h5-8,10H,9H2,1-4H3,(H,17,18,19). The van der Waals surface area contributed by atoms with Crippen LogP contribution in [0.1, 0.15) is 32.1 Å². The van der Waals surface area contributed by atoms with Gasteiger partial charge in [-0.2, -0.15) is 0 Å². The Morgan fingerprint density at radius 3 is 2.48 bits per heavy atom. The first-order valence-electron chi connectivity index (χ1n) is 6.78. The van der Waals surface area contributed by atoms with Gasteiger partial charge in [-0.25, -0.2) is 0 Å². The van der Waals surface area contributed by atoms with Crippen LogP contribution in [-0.4, -0.2) is 18.2 Å². The fourth-order valence-corrected chi connectivity index (χ4v) is 1.80. The number of amides is 1. The monoisotopic (exact) mass is 288 g/mol. The Labute approximate surface area is 124 Å². The molecule has 1 aromatic carbocycles. The smallest absolute Gasteiger partial charge is 0.230 e. The van der Waals surface area contributed by atoms with Crippen LogP contribution in [0.5, 0.6) is 5.75 Å². The zero-order chi connectivity index (χ0) is 15.5. The maximum absolute atomic E-state index is 12.0. The molecule has 5 nitrogen and oxygen atoms in total. The Morgan fingerprint density at radius 1 is 1.29 bits per heavy atom. The molecule has 0 saturated heterocycles. The number of ether oxygens (including phenoxy) is 1. The van der Waals surface area contributed by atoms with E-state index in [4.69, 9.17) is 9.26 Å². The van der Waals surface area contributed by atoms with Crippen molar-refractivity contribution < 1.29 is 14.1 Å². The third-order valence-electron chi connectivity index (χ3n) is 3.04. The van der Waals surface area contributed by atoms with Crippen molar-refractivity contribution in [2.45, 2.75) is 32.6 Å². The highest BCUT2D eigenvalue weighted by Gasteiger charge is 2.20. The van der Waals surface area contributed by atoms with Crippen LogP contribution in [0.15, 0.2) is 34.9 Å². The lowest BCUT2D eigenvalue weighted by atomic mass is 9.93. The fourth-order valence-electron chi connectivity index (χ4n) is 1.80. The molecule has 2 aromatic rings. The molecule has 1 heterocycles. The molecule has 0 bridgehead atoms. The van der Waals surface area contributed by atoms with Gasteiger partial charge in [0.25, 0.3) is 0 Å². The number of methoxy groups -OCH3 is 1. The number of hydrogen-bond acceptors (Lipinski definition) is 4. The van der Waals surface area contributed by atoms with Crippen molar-refractivity contribution in [3.8, 4) is 5.75 Å². The van der Waals surface area contributed by atoms with Gasteiger partial charge in [-0.05, 0) is 17.7 Å². The summed E-state index contributed by atoms with van der Waals surface area (Å²) in [6.07, 6.45) is 0.279. The van der Waals surface area contributed by atoms with Crippen molar-refractivity contribution in [2.75, 3.05) is 12.4 Å². The first kappa shape index (κ1) is 15.1. The van der Waals surface area contributed by atoms with Crippen molar-refractivity contribution in [2.24, 2.45) is 0 Å². The molecule has 0 atom stereocenters. The first-order chi connectivity index (χ1) is 9.88. The number of carbonyl (C=O) groups excluding carboxylic acids is 1. The molecule has 0 fully saturated rings. The van der Waals surface area contributed by atoms with Gasteiger partial charge in [0.05, 0.1) is 13.5 Å². The normalized spacial score (nSPS) is 11.2. The van der Waals surface area contributed by atoms with Gasteiger partial charge < -0.3 is 14.6 Å². The van der Waals surface area contributed by atoms with Crippen molar-refractivity contribution in [3.05, 3.63) is 41.7 Å². The highest BCUT2D eigenvalue weighted by Crippen LogP contribution is 2.24. The SMILES string of the molecule is COc1ccc(CC(=O)Nc2cc(C(C)(C)C)on2)cc1. The van der Waals surface area contributed by atoms with Crippen molar-refractivity contribution in [1.82, 2.24) is 5.16 Å². The summed E-state index contributed by atoms with van der Waals surface area (Å²) in [6.45, 7) is 6.07. The number of hydrogen-bond donors (Lipinski definition) is 1. The summed E-state index contributed by atoms with van der Waals surface area (Å²) in [4.78, 5) is 12.0.